The van der Waals surface area contributed by atoms with E-state index in [-0.39, 0.29) is 119 Å². The minimum atomic E-state index is -1.97. The van der Waals surface area contributed by atoms with Gasteiger partial charge in [-0.3, -0.25) is 14.4 Å². The Hall–Kier alpha value is -11.7. The molecule has 0 heterocycles. The first-order valence-electron chi connectivity index (χ1n) is 38.5. The average molecular weight is 1710 g/mol. The number of benzene rings is 5. The number of aryl methyl sites for hydroxylation is 5. The van der Waals surface area contributed by atoms with Crippen LogP contribution in [-0.4, -0.2) is 155 Å². The number of hydrogen-bond donors (Lipinski definition) is 12. The number of aromatic carboxylic acids is 1. The third-order valence-corrected chi connectivity index (χ3v) is 26.9. The molecule has 5 rings (SSSR count). The number of esters is 3. The van der Waals surface area contributed by atoms with Crippen molar-refractivity contribution in [2.24, 2.45) is 0 Å². The van der Waals surface area contributed by atoms with Crippen LogP contribution in [-0.2, 0) is 92.5 Å². The predicted molar refractivity (Wildman–Crippen MR) is 473 cm³/mol. The van der Waals surface area contributed by atoms with E-state index in [4.69, 9.17) is 65.1 Å². The van der Waals surface area contributed by atoms with Gasteiger partial charge in [-0.05, 0) is 165 Å². The highest BCUT2D eigenvalue weighted by atomic mass is 28.4. The molecule has 0 aliphatic heterocycles. The number of ether oxygens (including phenoxy) is 6. The topological polar surface area (TPSA) is 464 Å². The summed E-state index contributed by atoms with van der Waals surface area (Å²) in [5, 5.41) is 48.2. The van der Waals surface area contributed by atoms with Crippen molar-refractivity contribution in [3.8, 4) is 0 Å². The molecule has 120 heavy (non-hydrogen) atoms. The van der Waals surface area contributed by atoms with Gasteiger partial charge in [0.1, 0.15) is 57.8 Å². The average Bonchev–Trinajstić information content (AvgIpc) is 0.832. The molecule has 0 radical (unpaired) electrons. The summed E-state index contributed by atoms with van der Waals surface area (Å²) in [5.74, 6) is -4.85. The first-order chi connectivity index (χ1) is 56.2. The number of carboxylic acids is 2. The molecule has 0 fully saturated rings. The summed E-state index contributed by atoms with van der Waals surface area (Å²) in [6, 6.07) is 24.6. The molecule has 0 bridgehead atoms. The number of aliphatic hydroxyl groups excluding tert-OH is 2. The summed E-state index contributed by atoms with van der Waals surface area (Å²) >= 11 is 0. The smallest absolute Gasteiger partial charge is 0.408 e. The fourth-order valence-corrected chi connectivity index (χ4v) is 11.0. The van der Waals surface area contributed by atoms with Crippen molar-refractivity contribution in [2.75, 3.05) is 67.5 Å². The van der Waals surface area contributed by atoms with Crippen LogP contribution in [0.2, 0.25) is 36.3 Å². The second-order valence-corrected chi connectivity index (χ2v) is 39.8. The van der Waals surface area contributed by atoms with Crippen LogP contribution in [0.3, 0.4) is 0 Å². The number of hydrogen-bond acceptors (Lipinski definition) is 23. The minimum Gasteiger partial charge on any atom is -0.481 e. The summed E-state index contributed by atoms with van der Waals surface area (Å²) in [6.07, 6.45) is 5.47. The molecular formula is C88H128N8O22Si2. The number of aliphatic hydroxyl groups is 2. The number of amides is 5. The molecule has 0 aliphatic rings. The van der Waals surface area contributed by atoms with E-state index in [0.29, 0.717) is 41.5 Å². The Bertz CT molecular complexity index is 4210. The summed E-state index contributed by atoms with van der Waals surface area (Å²) in [7, 11) is -3.65. The van der Waals surface area contributed by atoms with Gasteiger partial charge in [-0.15, -0.1) is 0 Å². The number of carbonyl (C=O) groups excluding carboxylic acids is 8. The van der Waals surface area contributed by atoms with Crippen molar-refractivity contribution in [1.29, 1.82) is 0 Å². The molecule has 15 N–H and O–H groups in total. The maximum atomic E-state index is 12.8. The van der Waals surface area contributed by atoms with Crippen molar-refractivity contribution in [1.82, 2.24) is 16.0 Å². The highest BCUT2D eigenvalue weighted by Gasteiger charge is 2.38. The Morgan fingerprint density at radius 1 is 0.400 bits per heavy atom. The Kier molecular flexibility index (Phi) is 51.1. The summed E-state index contributed by atoms with van der Waals surface area (Å²) < 4.78 is 41.6. The molecule has 660 valence electrons. The number of rotatable bonds is 38. The summed E-state index contributed by atoms with van der Waals surface area (Å²) in [4.78, 5) is 117. The number of aliphatic carboxylic acids is 1. The van der Waals surface area contributed by atoms with Gasteiger partial charge in [-0.25, -0.2) is 33.6 Å². The van der Waals surface area contributed by atoms with Crippen LogP contribution in [0.25, 0.3) is 0 Å². The van der Waals surface area contributed by atoms with Crippen molar-refractivity contribution in [2.45, 2.75) is 196 Å². The minimum absolute atomic E-state index is 0.00523. The Balaban J connectivity index is 0.00000149. The Morgan fingerprint density at radius 3 is 0.992 bits per heavy atom. The van der Waals surface area contributed by atoms with Gasteiger partial charge in [0.25, 0.3) is 0 Å². The van der Waals surface area contributed by atoms with Crippen LogP contribution in [0, 0.1) is 34.6 Å². The van der Waals surface area contributed by atoms with E-state index in [1.807, 2.05) is 76.2 Å². The van der Waals surface area contributed by atoms with E-state index in [2.05, 4.69) is 158 Å². The molecule has 0 saturated carbocycles. The zero-order valence-corrected chi connectivity index (χ0v) is 74.3. The largest absolute Gasteiger partial charge is 0.481 e. The molecule has 30 nitrogen and oxygen atoms in total. The number of alkyl carbamates (subject to hydrolysis) is 3. The van der Waals surface area contributed by atoms with Gasteiger partial charge in [0.15, 0.2) is 16.6 Å². The summed E-state index contributed by atoms with van der Waals surface area (Å²) in [6.45, 7) is 53.2. The molecule has 0 spiro atoms. The lowest BCUT2D eigenvalue weighted by Crippen LogP contribution is -2.42. The first kappa shape index (κ1) is 108. The lowest BCUT2D eigenvalue weighted by Gasteiger charge is -2.36. The van der Waals surface area contributed by atoms with Crippen molar-refractivity contribution in [3.05, 3.63) is 223 Å². The third-order valence-electron chi connectivity index (χ3n) is 18.0. The van der Waals surface area contributed by atoms with E-state index in [9.17, 15) is 53.1 Å². The van der Waals surface area contributed by atoms with Crippen LogP contribution >= 0.6 is 0 Å². The number of nitrogens with one attached hydrogen (secondary N) is 5. The fraction of sp³-hybridized carbons (Fsp3) is 0.409. The molecule has 5 aromatic carbocycles. The SMILES string of the molecule is C=CCOC(=O)N[C@@H](CCC(=O)Nc1cc(C)ccc1CO)C(=O)OCC=C.C=CCOC(=O)N[C@@H](CCC(=O)Nc1cc(C)ccc1CO[Si](C)(C)C(C)(C)C)C(=O)OCC=C.C=CCOC(=O)N[C@@H](CCC(=O)O)C(=O)OCC=C.Cc1ccc(C(=O)O)c(N)c1.Cc1ccc(CO)c(N)c1.Cc1ccc(CO[Si](C)(C)C(C)(C)C)c(N)c1. The van der Waals surface area contributed by atoms with Gasteiger partial charge >= 0.3 is 48.1 Å². The van der Waals surface area contributed by atoms with Crippen molar-refractivity contribution >= 4 is 105 Å². The number of anilines is 5. The molecule has 3 atom stereocenters. The first-order valence-corrected chi connectivity index (χ1v) is 44.3. The fourth-order valence-electron chi connectivity index (χ4n) is 9.08. The number of nitrogens with two attached hydrogens (primary N) is 3. The lowest BCUT2D eigenvalue weighted by molar-refractivity contribution is -0.146. The van der Waals surface area contributed by atoms with Crippen LogP contribution in [0.4, 0.5) is 42.8 Å². The van der Waals surface area contributed by atoms with Gasteiger partial charge in [0.05, 0.1) is 32.0 Å². The molecule has 5 amide bonds. The van der Waals surface area contributed by atoms with Crippen LogP contribution in [0.5, 0.6) is 0 Å². The van der Waals surface area contributed by atoms with Crippen LogP contribution in [0.1, 0.15) is 140 Å². The molecule has 32 heteroatoms. The van der Waals surface area contributed by atoms with E-state index in [1.165, 1.54) is 48.1 Å². The van der Waals surface area contributed by atoms with Gasteiger partial charge in [0.2, 0.25) is 11.8 Å². The molecule has 5 aromatic rings. The maximum Gasteiger partial charge on any atom is 0.408 e. The predicted octanol–water partition coefficient (Wildman–Crippen LogP) is 14.8. The highest BCUT2D eigenvalue weighted by molar-refractivity contribution is 6.74. The van der Waals surface area contributed by atoms with Crippen LogP contribution in [0.15, 0.2) is 167 Å². The van der Waals surface area contributed by atoms with E-state index >= 15 is 0 Å². The number of carbonyl (C=O) groups is 10. The molecule has 0 aromatic heterocycles. The Labute approximate surface area is 708 Å². The second kappa shape index (κ2) is 56.7. The van der Waals surface area contributed by atoms with E-state index in [0.717, 1.165) is 44.6 Å². The van der Waals surface area contributed by atoms with Crippen molar-refractivity contribution in [3.63, 3.8) is 0 Å². The van der Waals surface area contributed by atoms with Gasteiger partial charge in [-0.2, -0.15) is 0 Å². The lowest BCUT2D eigenvalue weighted by atomic mass is 10.1. The quantitative estimate of drug-likeness (QED) is 0.00574. The zero-order chi connectivity index (χ0) is 91.5. The van der Waals surface area contributed by atoms with E-state index in [1.54, 1.807) is 24.3 Å². The van der Waals surface area contributed by atoms with Crippen LogP contribution < -0.4 is 43.8 Å². The van der Waals surface area contributed by atoms with Gasteiger partial charge < -0.3 is 101 Å². The second-order valence-electron chi connectivity index (χ2n) is 30.2. The summed E-state index contributed by atoms with van der Waals surface area (Å²) in [5.41, 5.74) is 28.7. The number of nitrogen functional groups attached to an aromatic ring is 3. The molecule has 0 aliphatic carbocycles. The molecule has 0 saturated heterocycles. The standard InChI is InChI=1S/C26H40N2O6Si.C20H26N2O6.C14H25NOSi.C12H17NO6.C8H9NO2.C8H11NO/c1-9-15-32-24(30)21(28-25(31)33-16-10-2)13-14-23(29)27-22-17-19(3)11-12-20(22)18-34-35(7,8)26(4,5)6;1-4-10-27-19(25)16(22-20(26)28-11-5-2)8-9-18(24)21-17-12-14(3)6-7-15(17)13-23;1-11-7-8-12(13(15)9-11)10-16-17(5,6)14(2,3)4;1-3-7-18-11(16)9(5-6-10(14)15)13-12(17)19-8-4-2;1-5-2-3-6(8(10)11)7(9)4-5;1-6-2-3-7(5-10)8(9)4-6/h9-12,17,21H,1-2,13-16,18H2,3-8H3,(H,27,29)(H,28,31);4-7,12,16,23H,1-2,8-11,13H2,3H3,(H,21,24)(H,22,26);7-9H,10,15H2,1-6H3;3-4,9H,1-2,5-8H2,(H,13,17)(H,14,15);2-4H,9H2,1H3,(H,10,11);2-4,10H,5,9H2,1H3/t21-;16-;;9-;;/m00.0../s1. The van der Waals surface area contributed by atoms with Crippen molar-refractivity contribution < 1.29 is 106 Å². The highest BCUT2D eigenvalue weighted by Crippen LogP contribution is 2.39. The maximum absolute atomic E-state index is 12.8. The normalized spacial score (nSPS) is 11.4. The Morgan fingerprint density at radius 2 is 0.683 bits per heavy atom. The molecular weight excluding hydrogens is 1580 g/mol. The third kappa shape index (κ3) is 44.8. The zero-order valence-electron chi connectivity index (χ0n) is 72.3. The molecule has 0 unspecified atom stereocenters. The van der Waals surface area contributed by atoms with E-state index < -0.39 is 82.9 Å². The van der Waals surface area contributed by atoms with Gasteiger partial charge in [-0.1, -0.05) is 172 Å². The monoisotopic (exact) mass is 1700 g/mol. The van der Waals surface area contributed by atoms with Gasteiger partial charge in [0, 0.05) is 58.8 Å². The number of carboxylic acid groups (broad SMARTS) is 2.